The van der Waals surface area contributed by atoms with E-state index in [0.717, 1.165) is 73.9 Å². The highest BCUT2D eigenvalue weighted by atomic mass is 16.5. The summed E-state index contributed by atoms with van der Waals surface area (Å²) in [6.07, 6.45) is 9.39. The van der Waals surface area contributed by atoms with Crippen molar-refractivity contribution in [2.24, 2.45) is 11.1 Å². The molecule has 206 valence electrons. The number of nitrogens with two attached hydrogens (primary N) is 1. The molecule has 0 spiro atoms. The molecule has 1 fully saturated rings. The number of rotatable bonds is 10. The summed E-state index contributed by atoms with van der Waals surface area (Å²) >= 11 is 0. The zero-order chi connectivity index (χ0) is 27.4. The summed E-state index contributed by atoms with van der Waals surface area (Å²) in [6, 6.07) is 5.70. The minimum absolute atomic E-state index is 0.148. The van der Waals surface area contributed by atoms with Crippen molar-refractivity contribution in [3.05, 3.63) is 46.8 Å². The number of ketones is 1. The molecule has 4 rings (SSSR count). The third-order valence-corrected chi connectivity index (χ3v) is 7.83. The molecule has 38 heavy (non-hydrogen) atoms. The quantitative estimate of drug-likeness (QED) is 0.180. The lowest BCUT2D eigenvalue weighted by Crippen LogP contribution is -2.29. The standard InChI is InChI=1S/C29H40N4O5/c1-29(2)15-24-27(25(35)16-29)18(6-4-3-5-7-26(36)32-38)17-33(24)20-10-13-22(28(30)37)23(14-20)31-19-8-11-21(34)12-9-19/h10,13-14,17,19,21,31,34,38H,3-9,11-12,15-16H2,1-2H3,(H2,30,37)(H,32,36). The number of Topliss-reactive ketones (excluding diaryl/α,β-unsaturated/α-hetero) is 1. The second kappa shape index (κ2) is 11.7. The summed E-state index contributed by atoms with van der Waals surface area (Å²) in [4.78, 5) is 36.8. The number of anilines is 1. The van der Waals surface area contributed by atoms with Crippen LogP contribution in [0.1, 0.15) is 104 Å². The Labute approximate surface area is 223 Å². The summed E-state index contributed by atoms with van der Waals surface area (Å²) in [5.74, 6) is -0.743. The summed E-state index contributed by atoms with van der Waals surface area (Å²) in [6.45, 7) is 4.22. The third-order valence-electron chi connectivity index (χ3n) is 7.83. The van der Waals surface area contributed by atoms with Gasteiger partial charge in [0.05, 0.1) is 11.7 Å². The molecule has 0 bridgehead atoms. The fourth-order valence-electron chi connectivity index (χ4n) is 5.87. The molecule has 9 nitrogen and oxygen atoms in total. The van der Waals surface area contributed by atoms with Crippen LogP contribution in [0.5, 0.6) is 0 Å². The number of hydrogen-bond acceptors (Lipinski definition) is 6. The van der Waals surface area contributed by atoms with Crippen molar-refractivity contribution in [3.8, 4) is 5.69 Å². The molecule has 2 amide bonds. The van der Waals surface area contributed by atoms with E-state index in [2.05, 4.69) is 23.7 Å². The van der Waals surface area contributed by atoms with Crippen molar-refractivity contribution in [3.63, 3.8) is 0 Å². The number of aryl methyl sites for hydroxylation is 1. The summed E-state index contributed by atoms with van der Waals surface area (Å²) < 4.78 is 2.09. The molecule has 1 heterocycles. The van der Waals surface area contributed by atoms with Gasteiger partial charge in [-0.1, -0.05) is 20.3 Å². The molecule has 0 unspecified atom stereocenters. The molecule has 0 atom stereocenters. The summed E-state index contributed by atoms with van der Waals surface area (Å²) in [7, 11) is 0. The maximum atomic E-state index is 13.3. The molecular formula is C29H40N4O5. The van der Waals surface area contributed by atoms with Gasteiger partial charge in [0.25, 0.3) is 5.91 Å². The number of carbonyl (C=O) groups is 3. The number of aliphatic hydroxyl groups excluding tert-OH is 1. The molecule has 0 aliphatic heterocycles. The van der Waals surface area contributed by atoms with Crippen molar-refractivity contribution in [2.75, 3.05) is 5.32 Å². The van der Waals surface area contributed by atoms with Crippen LogP contribution in [0.3, 0.4) is 0 Å². The van der Waals surface area contributed by atoms with Crippen LogP contribution in [0, 0.1) is 5.41 Å². The zero-order valence-electron chi connectivity index (χ0n) is 22.4. The lowest BCUT2D eigenvalue weighted by atomic mass is 9.75. The number of nitrogens with zero attached hydrogens (tertiary/aromatic N) is 1. The SMILES string of the molecule is CC1(C)CC(=O)c2c(CCCCCC(=O)NO)cn(-c3ccc(C(N)=O)c(NC4CCC(O)CC4)c3)c2C1. The highest BCUT2D eigenvalue weighted by Gasteiger charge is 2.35. The molecule has 0 saturated heterocycles. The second-order valence-electron chi connectivity index (χ2n) is 11.6. The van der Waals surface area contributed by atoms with Crippen molar-refractivity contribution in [2.45, 2.75) is 96.6 Å². The molecule has 2 aliphatic carbocycles. The predicted octanol–water partition coefficient (Wildman–Crippen LogP) is 4.06. The van der Waals surface area contributed by atoms with Gasteiger partial charge in [-0.2, -0.15) is 0 Å². The van der Waals surface area contributed by atoms with E-state index in [-0.39, 0.29) is 35.7 Å². The van der Waals surface area contributed by atoms with Crippen LogP contribution in [0.4, 0.5) is 5.69 Å². The first-order valence-electron chi connectivity index (χ1n) is 13.7. The number of benzene rings is 1. The Morgan fingerprint density at radius 3 is 2.53 bits per heavy atom. The van der Waals surface area contributed by atoms with Gasteiger partial charge in [0, 0.05) is 47.7 Å². The number of nitrogens with one attached hydrogen (secondary N) is 2. The number of carbonyl (C=O) groups excluding carboxylic acids is 3. The van der Waals surface area contributed by atoms with Crippen LogP contribution in [0.25, 0.3) is 5.69 Å². The first-order valence-corrected chi connectivity index (χ1v) is 13.7. The average molecular weight is 525 g/mol. The van der Waals surface area contributed by atoms with Crippen molar-refractivity contribution in [1.29, 1.82) is 0 Å². The van der Waals surface area contributed by atoms with Crippen LogP contribution in [-0.2, 0) is 17.6 Å². The Bertz CT molecular complexity index is 1190. The molecule has 1 aromatic heterocycles. The molecule has 1 saturated carbocycles. The maximum Gasteiger partial charge on any atom is 0.250 e. The first kappa shape index (κ1) is 27.9. The molecule has 1 aromatic carbocycles. The molecule has 0 radical (unpaired) electrons. The van der Waals surface area contributed by atoms with Crippen LogP contribution < -0.4 is 16.5 Å². The van der Waals surface area contributed by atoms with Gasteiger partial charge in [-0.15, -0.1) is 0 Å². The van der Waals surface area contributed by atoms with Crippen molar-refractivity contribution < 1.29 is 24.7 Å². The van der Waals surface area contributed by atoms with E-state index < -0.39 is 5.91 Å². The highest BCUT2D eigenvalue weighted by Crippen LogP contribution is 2.39. The highest BCUT2D eigenvalue weighted by molar-refractivity contribution is 6.01. The Hall–Kier alpha value is -3.17. The minimum atomic E-state index is -0.503. The van der Waals surface area contributed by atoms with E-state index >= 15 is 0 Å². The van der Waals surface area contributed by atoms with Gasteiger partial charge in [0.15, 0.2) is 5.78 Å². The van der Waals surface area contributed by atoms with Crippen LogP contribution in [0.2, 0.25) is 0 Å². The Balaban J connectivity index is 1.64. The molecular weight excluding hydrogens is 484 g/mol. The largest absolute Gasteiger partial charge is 0.393 e. The molecule has 2 aliphatic rings. The summed E-state index contributed by atoms with van der Waals surface area (Å²) in [5.41, 5.74) is 11.9. The number of fused-ring (bicyclic) bond motifs is 1. The maximum absolute atomic E-state index is 13.3. The lowest BCUT2D eigenvalue weighted by Gasteiger charge is -2.30. The Kier molecular flexibility index (Phi) is 8.57. The van der Waals surface area contributed by atoms with E-state index in [1.807, 2.05) is 18.3 Å². The monoisotopic (exact) mass is 524 g/mol. The van der Waals surface area contributed by atoms with Gasteiger partial charge in [-0.3, -0.25) is 19.6 Å². The number of aliphatic hydroxyl groups is 1. The van der Waals surface area contributed by atoms with Gasteiger partial charge in [0.2, 0.25) is 5.91 Å². The van der Waals surface area contributed by atoms with Gasteiger partial charge in [0.1, 0.15) is 0 Å². The van der Waals surface area contributed by atoms with Gasteiger partial charge in [-0.05, 0) is 80.5 Å². The smallest absolute Gasteiger partial charge is 0.250 e. The Morgan fingerprint density at radius 2 is 1.84 bits per heavy atom. The number of primary amides is 1. The lowest BCUT2D eigenvalue weighted by molar-refractivity contribution is -0.129. The van der Waals surface area contributed by atoms with E-state index in [1.54, 1.807) is 11.5 Å². The number of unbranched alkanes of at least 4 members (excludes halogenated alkanes) is 2. The molecule has 9 heteroatoms. The summed E-state index contributed by atoms with van der Waals surface area (Å²) in [5, 5.41) is 22.0. The van der Waals surface area contributed by atoms with E-state index in [1.165, 1.54) is 0 Å². The van der Waals surface area contributed by atoms with E-state index in [9.17, 15) is 19.5 Å². The fourth-order valence-corrected chi connectivity index (χ4v) is 5.87. The number of hydroxylamine groups is 1. The minimum Gasteiger partial charge on any atom is -0.393 e. The number of aromatic nitrogens is 1. The fraction of sp³-hybridized carbons (Fsp3) is 0.552. The third kappa shape index (κ3) is 6.45. The average Bonchev–Trinajstić information content (AvgIpc) is 3.22. The second-order valence-corrected chi connectivity index (χ2v) is 11.6. The first-order chi connectivity index (χ1) is 18.1. The van der Waals surface area contributed by atoms with Gasteiger partial charge < -0.3 is 20.7 Å². The van der Waals surface area contributed by atoms with Crippen LogP contribution >= 0.6 is 0 Å². The van der Waals surface area contributed by atoms with Gasteiger partial charge >= 0.3 is 0 Å². The topological polar surface area (TPSA) is 147 Å². The molecule has 6 N–H and O–H groups in total. The number of amides is 2. The van der Waals surface area contributed by atoms with Crippen molar-refractivity contribution >= 4 is 23.3 Å². The number of hydrogen-bond donors (Lipinski definition) is 5. The van der Waals surface area contributed by atoms with Crippen molar-refractivity contribution in [1.82, 2.24) is 10.0 Å². The normalized spacial score (nSPS) is 20.6. The zero-order valence-corrected chi connectivity index (χ0v) is 22.4. The predicted molar refractivity (Wildman–Crippen MR) is 145 cm³/mol. The van der Waals surface area contributed by atoms with Crippen LogP contribution in [0.15, 0.2) is 24.4 Å². The van der Waals surface area contributed by atoms with Gasteiger partial charge in [-0.25, -0.2) is 5.48 Å². The van der Waals surface area contributed by atoms with Crippen LogP contribution in [-0.4, -0.2) is 44.6 Å². The van der Waals surface area contributed by atoms with E-state index in [0.29, 0.717) is 24.1 Å². The van der Waals surface area contributed by atoms with E-state index in [4.69, 9.17) is 10.9 Å². The molecule has 2 aromatic rings. The Morgan fingerprint density at radius 1 is 1.11 bits per heavy atom.